The molecule has 0 N–H and O–H groups in total. The summed E-state index contributed by atoms with van der Waals surface area (Å²) in [7, 11) is 0. The largest absolute Gasteiger partial charge is 0.343 e. The third-order valence-corrected chi connectivity index (χ3v) is 3.45. The van der Waals surface area contributed by atoms with E-state index in [-0.39, 0.29) is 11.1 Å². The van der Waals surface area contributed by atoms with Crippen LogP contribution in [0.1, 0.15) is 20.3 Å². The second-order valence-corrected chi connectivity index (χ2v) is 4.46. The topological polar surface area (TPSA) is 40.6 Å². The molecule has 15 heavy (non-hydrogen) atoms. The lowest BCUT2D eigenvalue weighted by molar-refractivity contribution is -0.130. The first-order chi connectivity index (χ1) is 7.19. The summed E-state index contributed by atoms with van der Waals surface area (Å²) in [5.41, 5.74) is 0. The number of carbonyl (C=O) groups is 2. The molecule has 1 aliphatic rings. The molecule has 0 aromatic carbocycles. The van der Waals surface area contributed by atoms with Crippen molar-refractivity contribution in [3.8, 4) is 0 Å². The van der Waals surface area contributed by atoms with Gasteiger partial charge in [0.05, 0.1) is 0 Å². The fourth-order valence-corrected chi connectivity index (χ4v) is 2.45. The number of amides is 2. The van der Waals surface area contributed by atoms with E-state index in [9.17, 15) is 9.59 Å². The summed E-state index contributed by atoms with van der Waals surface area (Å²) in [5.74, 6) is 1.00. The lowest BCUT2D eigenvalue weighted by atomic mass is 10.3. The molecule has 0 unspecified atom stereocenters. The quantitative estimate of drug-likeness (QED) is 0.717. The molecule has 1 rings (SSSR count). The van der Waals surface area contributed by atoms with Gasteiger partial charge in [-0.3, -0.25) is 9.59 Å². The summed E-state index contributed by atoms with van der Waals surface area (Å²) in [4.78, 5) is 26.5. The standard InChI is InChI=1S/C10H18N2O2S/c1-3-11(4-2)9(13)5-6-12-7-8-15-10(12)14/h3-8H2,1-2H3. The first kappa shape index (κ1) is 12.4. The third-order valence-electron chi connectivity index (χ3n) is 2.56. The molecule has 2 amide bonds. The van der Waals surface area contributed by atoms with Crippen LogP contribution in [0.3, 0.4) is 0 Å². The SMILES string of the molecule is CCN(CC)C(=O)CCN1CCSC1=O. The molecule has 0 saturated carbocycles. The van der Waals surface area contributed by atoms with Gasteiger partial charge in [-0.15, -0.1) is 0 Å². The molecule has 86 valence electrons. The molecule has 0 aromatic rings. The van der Waals surface area contributed by atoms with E-state index < -0.39 is 0 Å². The molecule has 1 fully saturated rings. The predicted molar refractivity (Wildman–Crippen MR) is 62.0 cm³/mol. The molecule has 0 radical (unpaired) electrons. The lowest BCUT2D eigenvalue weighted by Crippen LogP contribution is -2.34. The zero-order chi connectivity index (χ0) is 11.3. The Labute approximate surface area is 95.0 Å². The van der Waals surface area contributed by atoms with Crippen LogP contribution in [0.2, 0.25) is 0 Å². The van der Waals surface area contributed by atoms with Gasteiger partial charge in [-0.1, -0.05) is 11.8 Å². The van der Waals surface area contributed by atoms with E-state index in [1.54, 1.807) is 9.80 Å². The second kappa shape index (κ2) is 6.00. The van der Waals surface area contributed by atoms with Gasteiger partial charge in [-0.05, 0) is 13.8 Å². The number of hydrogen-bond acceptors (Lipinski definition) is 3. The van der Waals surface area contributed by atoms with Crippen LogP contribution in [0, 0.1) is 0 Å². The maximum atomic E-state index is 11.6. The van der Waals surface area contributed by atoms with Crippen molar-refractivity contribution in [3.05, 3.63) is 0 Å². The number of carbonyl (C=O) groups excluding carboxylic acids is 2. The highest BCUT2D eigenvalue weighted by atomic mass is 32.2. The van der Waals surface area contributed by atoms with Gasteiger partial charge in [-0.2, -0.15) is 0 Å². The highest BCUT2D eigenvalue weighted by Crippen LogP contribution is 2.17. The van der Waals surface area contributed by atoms with Crippen molar-refractivity contribution in [2.45, 2.75) is 20.3 Å². The molecule has 0 bridgehead atoms. The van der Waals surface area contributed by atoms with Crippen LogP contribution in [-0.2, 0) is 4.79 Å². The van der Waals surface area contributed by atoms with Crippen LogP contribution in [0.5, 0.6) is 0 Å². The van der Waals surface area contributed by atoms with Crippen molar-refractivity contribution in [2.75, 3.05) is 31.9 Å². The minimum Gasteiger partial charge on any atom is -0.343 e. The second-order valence-electron chi connectivity index (χ2n) is 3.42. The van der Waals surface area contributed by atoms with Crippen LogP contribution < -0.4 is 0 Å². The summed E-state index contributed by atoms with van der Waals surface area (Å²) in [6.45, 7) is 6.79. The van der Waals surface area contributed by atoms with Crippen LogP contribution in [0.4, 0.5) is 4.79 Å². The van der Waals surface area contributed by atoms with E-state index in [2.05, 4.69) is 0 Å². The van der Waals surface area contributed by atoms with Gasteiger partial charge < -0.3 is 9.80 Å². The fourth-order valence-electron chi connectivity index (χ4n) is 1.59. The Kier molecular flexibility index (Phi) is 4.94. The molecule has 5 heteroatoms. The smallest absolute Gasteiger partial charge is 0.281 e. The van der Waals surface area contributed by atoms with Crippen LogP contribution in [0.25, 0.3) is 0 Å². The maximum Gasteiger partial charge on any atom is 0.281 e. The van der Waals surface area contributed by atoms with E-state index in [4.69, 9.17) is 0 Å². The monoisotopic (exact) mass is 230 g/mol. The molecular formula is C10H18N2O2S. The van der Waals surface area contributed by atoms with Gasteiger partial charge >= 0.3 is 0 Å². The molecular weight excluding hydrogens is 212 g/mol. The predicted octanol–water partition coefficient (Wildman–Crippen LogP) is 1.41. The van der Waals surface area contributed by atoms with Crippen LogP contribution in [-0.4, -0.2) is 52.9 Å². The van der Waals surface area contributed by atoms with E-state index >= 15 is 0 Å². The Bertz CT molecular complexity index is 242. The van der Waals surface area contributed by atoms with Gasteiger partial charge in [0.1, 0.15) is 0 Å². The highest BCUT2D eigenvalue weighted by molar-refractivity contribution is 8.13. The fraction of sp³-hybridized carbons (Fsp3) is 0.800. The van der Waals surface area contributed by atoms with Gasteiger partial charge in [0, 0.05) is 38.4 Å². The van der Waals surface area contributed by atoms with Crippen LogP contribution >= 0.6 is 11.8 Å². The average molecular weight is 230 g/mol. The summed E-state index contributed by atoms with van der Waals surface area (Å²) in [6.07, 6.45) is 0.452. The van der Waals surface area contributed by atoms with Gasteiger partial charge in [0.25, 0.3) is 5.24 Å². The third kappa shape index (κ3) is 3.41. The first-order valence-corrected chi connectivity index (χ1v) is 6.37. The molecule has 1 aliphatic heterocycles. The molecule has 1 heterocycles. The Balaban J connectivity index is 2.29. The van der Waals surface area contributed by atoms with Crippen molar-refractivity contribution in [3.63, 3.8) is 0 Å². The lowest BCUT2D eigenvalue weighted by Gasteiger charge is -2.20. The normalized spacial score (nSPS) is 15.9. The maximum absolute atomic E-state index is 11.6. The Morgan fingerprint density at radius 1 is 1.47 bits per heavy atom. The van der Waals surface area contributed by atoms with E-state index in [1.165, 1.54) is 11.8 Å². The first-order valence-electron chi connectivity index (χ1n) is 5.38. The summed E-state index contributed by atoms with van der Waals surface area (Å²) >= 11 is 1.34. The minimum absolute atomic E-state index is 0.113. The highest BCUT2D eigenvalue weighted by Gasteiger charge is 2.22. The zero-order valence-corrected chi connectivity index (χ0v) is 10.2. The van der Waals surface area contributed by atoms with Crippen molar-refractivity contribution >= 4 is 22.9 Å². The summed E-state index contributed by atoms with van der Waals surface area (Å²) in [5, 5.41) is 0.113. The van der Waals surface area contributed by atoms with Crippen molar-refractivity contribution in [2.24, 2.45) is 0 Å². The zero-order valence-electron chi connectivity index (χ0n) is 9.36. The number of nitrogens with zero attached hydrogens (tertiary/aromatic N) is 2. The molecule has 0 aliphatic carbocycles. The number of thioether (sulfide) groups is 1. The molecule has 0 spiro atoms. The average Bonchev–Trinajstić information content (AvgIpc) is 2.63. The van der Waals surface area contributed by atoms with Gasteiger partial charge in [0.2, 0.25) is 5.91 Å². The molecule has 4 nitrogen and oxygen atoms in total. The Hall–Kier alpha value is -0.710. The minimum atomic E-state index is 0.113. The van der Waals surface area contributed by atoms with Gasteiger partial charge in [0.15, 0.2) is 0 Å². The van der Waals surface area contributed by atoms with E-state index in [1.807, 2.05) is 13.8 Å². The van der Waals surface area contributed by atoms with E-state index in [0.717, 1.165) is 25.4 Å². The van der Waals surface area contributed by atoms with E-state index in [0.29, 0.717) is 13.0 Å². The van der Waals surface area contributed by atoms with Crippen molar-refractivity contribution in [1.82, 2.24) is 9.80 Å². The molecule has 0 aromatic heterocycles. The molecule has 1 saturated heterocycles. The van der Waals surface area contributed by atoms with Gasteiger partial charge in [-0.25, -0.2) is 0 Å². The summed E-state index contributed by atoms with van der Waals surface area (Å²) < 4.78 is 0. The number of rotatable bonds is 5. The number of hydrogen-bond donors (Lipinski definition) is 0. The summed E-state index contributed by atoms with van der Waals surface area (Å²) in [6, 6.07) is 0. The molecule has 0 atom stereocenters. The Morgan fingerprint density at radius 2 is 2.13 bits per heavy atom. The van der Waals surface area contributed by atoms with Crippen molar-refractivity contribution in [1.29, 1.82) is 0 Å². The van der Waals surface area contributed by atoms with Crippen molar-refractivity contribution < 1.29 is 9.59 Å². The van der Waals surface area contributed by atoms with Crippen LogP contribution in [0.15, 0.2) is 0 Å². The Morgan fingerprint density at radius 3 is 2.60 bits per heavy atom.